The molecule has 0 radical (unpaired) electrons. The van der Waals surface area contributed by atoms with Gasteiger partial charge >= 0.3 is 0 Å². The molecule has 0 saturated carbocycles. The van der Waals surface area contributed by atoms with Crippen molar-refractivity contribution in [2.45, 2.75) is 19.3 Å². The summed E-state index contributed by atoms with van der Waals surface area (Å²) in [6, 6.07) is 7.47. The van der Waals surface area contributed by atoms with Crippen LogP contribution in [0.5, 0.6) is 5.75 Å². The molecule has 0 aromatic heterocycles. The summed E-state index contributed by atoms with van der Waals surface area (Å²) in [5.41, 5.74) is 0.684. The molecule has 18 heavy (non-hydrogen) atoms. The molecule has 0 aliphatic carbocycles. The van der Waals surface area contributed by atoms with Gasteiger partial charge in [-0.1, -0.05) is 18.6 Å². The second-order valence-corrected chi connectivity index (χ2v) is 4.87. The zero-order valence-corrected chi connectivity index (χ0v) is 11.4. The van der Waals surface area contributed by atoms with Crippen LogP contribution in [0.25, 0.3) is 0 Å². The normalized spacial score (nSPS) is 14.9. The molecule has 4 heteroatoms. The Kier molecular flexibility index (Phi) is 4.93. The Balaban J connectivity index is 1.99. The van der Waals surface area contributed by atoms with E-state index >= 15 is 0 Å². The first-order valence-corrected chi connectivity index (χ1v) is 7.08. The summed E-state index contributed by atoms with van der Waals surface area (Å²) in [7, 11) is 0. The molecule has 2 rings (SSSR count). The Hall–Kier alpha value is -1.16. The summed E-state index contributed by atoms with van der Waals surface area (Å²) in [4.78, 5) is 14.2. The molecular weight excluding hydrogens is 246 g/mol. The molecule has 0 atom stereocenters. The Morgan fingerprint density at radius 2 is 2.06 bits per heavy atom. The van der Waals surface area contributed by atoms with E-state index in [1.54, 1.807) is 0 Å². The van der Waals surface area contributed by atoms with Crippen molar-refractivity contribution in [2.24, 2.45) is 0 Å². The van der Waals surface area contributed by atoms with Crippen LogP contribution in [0.1, 0.15) is 29.6 Å². The minimum Gasteiger partial charge on any atom is -0.491 e. The average Bonchev–Trinajstić information content (AvgIpc) is 2.56. The van der Waals surface area contributed by atoms with Crippen molar-refractivity contribution in [3.05, 3.63) is 29.8 Å². The fourth-order valence-corrected chi connectivity index (χ4v) is 2.34. The third-order valence-electron chi connectivity index (χ3n) is 3.11. The number of nitrogens with zero attached hydrogens (tertiary/aromatic N) is 1. The first-order chi connectivity index (χ1) is 8.83. The molecule has 0 spiro atoms. The van der Waals surface area contributed by atoms with Gasteiger partial charge in [0.15, 0.2) is 0 Å². The molecule has 0 saturated heterocycles. The molecule has 1 aromatic carbocycles. The molecular formula is C14H19NO2S. The maximum Gasteiger partial charge on any atom is 0.257 e. The summed E-state index contributed by atoms with van der Waals surface area (Å²) >= 11 is 4.19. The van der Waals surface area contributed by atoms with Crippen LogP contribution in [-0.2, 0) is 0 Å². The summed E-state index contributed by atoms with van der Waals surface area (Å²) in [6.45, 7) is 2.06. The highest BCUT2D eigenvalue weighted by molar-refractivity contribution is 7.80. The number of carbonyl (C=O) groups is 1. The van der Waals surface area contributed by atoms with Crippen LogP contribution in [0.4, 0.5) is 0 Å². The number of hydrogen-bond donors (Lipinski definition) is 1. The number of benzene rings is 1. The van der Waals surface area contributed by atoms with E-state index in [0.29, 0.717) is 24.5 Å². The zero-order chi connectivity index (χ0) is 12.8. The Bertz CT molecular complexity index is 409. The number of amides is 1. The average molecular weight is 265 g/mol. The molecule has 0 N–H and O–H groups in total. The van der Waals surface area contributed by atoms with Gasteiger partial charge in [-0.3, -0.25) is 4.79 Å². The lowest BCUT2D eigenvalue weighted by Gasteiger charge is -2.19. The zero-order valence-electron chi connectivity index (χ0n) is 10.5. The van der Waals surface area contributed by atoms with Gasteiger partial charge in [-0.25, -0.2) is 0 Å². The predicted octanol–water partition coefficient (Wildman–Crippen LogP) is 2.62. The van der Waals surface area contributed by atoms with Gasteiger partial charge in [0.25, 0.3) is 5.91 Å². The van der Waals surface area contributed by atoms with E-state index in [0.717, 1.165) is 31.6 Å². The third-order valence-corrected chi connectivity index (χ3v) is 3.43. The molecule has 1 aliphatic heterocycles. The molecule has 1 heterocycles. The van der Waals surface area contributed by atoms with Crippen LogP contribution < -0.4 is 4.74 Å². The highest BCUT2D eigenvalue weighted by atomic mass is 32.1. The smallest absolute Gasteiger partial charge is 0.257 e. The Labute approximate surface area is 114 Å². The molecule has 3 nitrogen and oxygen atoms in total. The number of fused-ring (bicyclic) bond motifs is 1. The summed E-state index contributed by atoms with van der Waals surface area (Å²) in [6.07, 6.45) is 3.27. The Morgan fingerprint density at radius 3 is 2.89 bits per heavy atom. The van der Waals surface area contributed by atoms with E-state index in [9.17, 15) is 4.79 Å². The number of rotatable bonds is 5. The lowest BCUT2D eigenvalue weighted by atomic mass is 10.1. The molecule has 98 valence electrons. The van der Waals surface area contributed by atoms with Crippen LogP contribution in [0.2, 0.25) is 0 Å². The lowest BCUT2D eigenvalue weighted by molar-refractivity contribution is 0.0753. The van der Waals surface area contributed by atoms with E-state index in [1.807, 2.05) is 29.2 Å². The monoisotopic (exact) mass is 265 g/mol. The largest absolute Gasteiger partial charge is 0.491 e. The van der Waals surface area contributed by atoms with E-state index < -0.39 is 0 Å². The number of carbonyl (C=O) groups excluding carboxylic acids is 1. The van der Waals surface area contributed by atoms with Gasteiger partial charge in [0, 0.05) is 6.54 Å². The quantitative estimate of drug-likeness (QED) is 0.655. The van der Waals surface area contributed by atoms with Crippen molar-refractivity contribution in [3.63, 3.8) is 0 Å². The highest BCUT2D eigenvalue weighted by Gasteiger charge is 2.22. The van der Waals surface area contributed by atoms with Gasteiger partial charge in [0.05, 0.1) is 12.1 Å². The molecule has 0 fully saturated rings. The van der Waals surface area contributed by atoms with Gasteiger partial charge < -0.3 is 9.64 Å². The first kappa shape index (κ1) is 13.3. The second kappa shape index (κ2) is 6.69. The van der Waals surface area contributed by atoms with Crippen molar-refractivity contribution < 1.29 is 9.53 Å². The number of para-hydroxylation sites is 1. The fraction of sp³-hybridized carbons (Fsp3) is 0.500. The van der Waals surface area contributed by atoms with Crippen LogP contribution in [0.3, 0.4) is 0 Å². The Morgan fingerprint density at radius 1 is 1.22 bits per heavy atom. The van der Waals surface area contributed by atoms with E-state index in [1.165, 1.54) is 0 Å². The fourth-order valence-electron chi connectivity index (χ4n) is 2.11. The summed E-state index contributed by atoms with van der Waals surface area (Å²) in [5, 5.41) is 0. The number of unbranched alkanes of at least 4 members (excludes halogenated alkanes) is 2. The summed E-state index contributed by atoms with van der Waals surface area (Å²) in [5.74, 6) is 1.72. The minimum atomic E-state index is 0.0916. The predicted molar refractivity (Wildman–Crippen MR) is 75.5 cm³/mol. The lowest BCUT2D eigenvalue weighted by Crippen LogP contribution is -2.33. The summed E-state index contributed by atoms with van der Waals surface area (Å²) < 4.78 is 5.60. The SMILES string of the molecule is O=C1c2ccccc2OCCN1CCCCCS. The van der Waals surface area contributed by atoms with Gasteiger partial charge in [-0.15, -0.1) is 0 Å². The molecule has 1 aromatic rings. The van der Waals surface area contributed by atoms with Crippen molar-refractivity contribution in [1.82, 2.24) is 4.90 Å². The van der Waals surface area contributed by atoms with Crippen molar-refractivity contribution >= 4 is 18.5 Å². The van der Waals surface area contributed by atoms with Gasteiger partial charge in [-0.2, -0.15) is 12.6 Å². The molecule has 1 aliphatic rings. The molecule has 0 bridgehead atoms. The van der Waals surface area contributed by atoms with Crippen molar-refractivity contribution in [1.29, 1.82) is 0 Å². The van der Waals surface area contributed by atoms with Crippen LogP contribution >= 0.6 is 12.6 Å². The maximum atomic E-state index is 12.3. The second-order valence-electron chi connectivity index (χ2n) is 4.42. The van der Waals surface area contributed by atoms with Crippen molar-refractivity contribution in [3.8, 4) is 5.75 Å². The van der Waals surface area contributed by atoms with Gasteiger partial charge in [-0.05, 0) is 30.7 Å². The molecule has 0 unspecified atom stereocenters. The number of hydrogen-bond acceptors (Lipinski definition) is 3. The number of thiol groups is 1. The minimum absolute atomic E-state index is 0.0916. The highest BCUT2D eigenvalue weighted by Crippen LogP contribution is 2.22. The third kappa shape index (κ3) is 3.19. The van der Waals surface area contributed by atoms with Crippen molar-refractivity contribution in [2.75, 3.05) is 25.4 Å². The van der Waals surface area contributed by atoms with E-state index in [4.69, 9.17) is 4.74 Å². The van der Waals surface area contributed by atoms with Gasteiger partial charge in [0.2, 0.25) is 0 Å². The van der Waals surface area contributed by atoms with Crippen LogP contribution in [-0.4, -0.2) is 36.3 Å². The van der Waals surface area contributed by atoms with Gasteiger partial charge in [0.1, 0.15) is 12.4 Å². The van der Waals surface area contributed by atoms with E-state index in [-0.39, 0.29) is 5.91 Å². The first-order valence-electron chi connectivity index (χ1n) is 6.45. The van der Waals surface area contributed by atoms with Crippen LogP contribution in [0.15, 0.2) is 24.3 Å². The topological polar surface area (TPSA) is 29.5 Å². The van der Waals surface area contributed by atoms with E-state index in [2.05, 4.69) is 12.6 Å². The van der Waals surface area contributed by atoms with Crippen LogP contribution in [0, 0.1) is 0 Å². The molecule has 1 amide bonds. The maximum absolute atomic E-state index is 12.3. The standard InChI is InChI=1S/C14H19NO2S/c16-14-12-6-2-3-7-13(12)17-10-9-15(14)8-4-1-5-11-18/h2-3,6-7,18H,1,4-5,8-11H2. The number of ether oxygens (including phenoxy) is 1.